The Balaban J connectivity index is 1.76. The van der Waals surface area contributed by atoms with E-state index >= 15 is 0 Å². The van der Waals surface area contributed by atoms with E-state index in [1.54, 1.807) is 46.4 Å². The Kier molecular flexibility index (Phi) is 9.98. The van der Waals surface area contributed by atoms with Crippen molar-refractivity contribution in [2.45, 2.75) is 32.9 Å². The second-order valence-electron chi connectivity index (χ2n) is 8.09. The number of amides is 3. The van der Waals surface area contributed by atoms with Crippen LogP contribution >= 0.6 is 11.3 Å². The molecule has 186 valence electrons. The maximum Gasteiger partial charge on any atom is 0.322 e. The van der Waals surface area contributed by atoms with Gasteiger partial charge in [0.2, 0.25) is 5.91 Å². The molecule has 0 unspecified atom stereocenters. The number of hydrogen-bond acceptors (Lipinski definition) is 5. The smallest absolute Gasteiger partial charge is 0.322 e. The highest BCUT2D eigenvalue weighted by molar-refractivity contribution is 7.09. The lowest BCUT2D eigenvalue weighted by Crippen LogP contribution is -2.44. The Hall–Kier alpha value is -3.52. The zero-order valence-electron chi connectivity index (χ0n) is 20.5. The van der Waals surface area contributed by atoms with Gasteiger partial charge in [-0.2, -0.15) is 0 Å². The van der Waals surface area contributed by atoms with Crippen LogP contribution in [0, 0.1) is 0 Å². The van der Waals surface area contributed by atoms with Gasteiger partial charge in [-0.15, -0.1) is 11.3 Å². The van der Waals surface area contributed by atoms with Crippen molar-refractivity contribution >= 4 is 29.0 Å². The molecule has 1 aromatic heterocycles. The summed E-state index contributed by atoms with van der Waals surface area (Å²) in [4.78, 5) is 31.2. The highest BCUT2D eigenvalue weighted by Crippen LogP contribution is 2.29. The number of urea groups is 1. The summed E-state index contributed by atoms with van der Waals surface area (Å²) in [6.07, 6.45) is 1.71. The van der Waals surface area contributed by atoms with E-state index in [9.17, 15) is 9.59 Å². The minimum Gasteiger partial charge on any atom is -0.497 e. The quantitative estimate of drug-likeness (QED) is 0.354. The van der Waals surface area contributed by atoms with E-state index in [1.807, 2.05) is 47.8 Å². The van der Waals surface area contributed by atoms with E-state index in [0.29, 0.717) is 36.8 Å². The molecule has 0 radical (unpaired) electrons. The summed E-state index contributed by atoms with van der Waals surface area (Å²) >= 11 is 1.62. The summed E-state index contributed by atoms with van der Waals surface area (Å²) in [6.45, 7) is 3.50. The number of carbonyl (C=O) groups excluding carboxylic acids is 2. The van der Waals surface area contributed by atoms with E-state index in [2.05, 4.69) is 12.2 Å². The van der Waals surface area contributed by atoms with Crippen molar-refractivity contribution in [2.24, 2.45) is 0 Å². The number of unbranched alkanes of at least 4 members (excludes halogenated alkanes) is 1. The van der Waals surface area contributed by atoms with Gasteiger partial charge in [-0.25, -0.2) is 4.79 Å². The number of anilines is 1. The molecule has 0 saturated heterocycles. The van der Waals surface area contributed by atoms with Gasteiger partial charge < -0.3 is 24.6 Å². The number of carbonyl (C=O) groups is 2. The molecule has 8 heteroatoms. The first kappa shape index (κ1) is 26.1. The summed E-state index contributed by atoms with van der Waals surface area (Å²) in [5.74, 6) is 1.01. The van der Waals surface area contributed by atoms with Gasteiger partial charge in [-0.3, -0.25) is 4.79 Å². The molecule has 0 fully saturated rings. The number of rotatable bonds is 12. The fraction of sp³-hybridized carbons (Fsp3) is 0.333. The number of thiophene rings is 1. The van der Waals surface area contributed by atoms with Crippen molar-refractivity contribution in [2.75, 3.05) is 32.6 Å². The largest absolute Gasteiger partial charge is 0.497 e. The van der Waals surface area contributed by atoms with E-state index in [4.69, 9.17) is 9.47 Å². The average molecular weight is 496 g/mol. The SMILES string of the molecule is CCCCN(CC(=O)N(Cc1ccccc1)Cc1cccs1)C(=O)Nc1ccc(OC)cc1OC. The lowest BCUT2D eigenvalue weighted by molar-refractivity contribution is -0.133. The van der Waals surface area contributed by atoms with Crippen LogP contribution < -0.4 is 14.8 Å². The summed E-state index contributed by atoms with van der Waals surface area (Å²) in [5.41, 5.74) is 1.57. The molecule has 3 aromatic rings. The van der Waals surface area contributed by atoms with E-state index in [0.717, 1.165) is 23.3 Å². The van der Waals surface area contributed by atoms with Crippen LogP contribution in [0.1, 0.15) is 30.2 Å². The molecule has 35 heavy (non-hydrogen) atoms. The summed E-state index contributed by atoms with van der Waals surface area (Å²) in [7, 11) is 3.11. The van der Waals surface area contributed by atoms with E-state index in [1.165, 1.54) is 7.11 Å². The lowest BCUT2D eigenvalue weighted by atomic mass is 10.2. The summed E-state index contributed by atoms with van der Waals surface area (Å²) < 4.78 is 10.6. The molecule has 0 aliphatic rings. The first-order valence-electron chi connectivity index (χ1n) is 11.7. The zero-order valence-corrected chi connectivity index (χ0v) is 21.3. The Morgan fingerprint density at radius 2 is 1.74 bits per heavy atom. The topological polar surface area (TPSA) is 71.1 Å². The van der Waals surface area contributed by atoms with Crippen LogP contribution in [0.2, 0.25) is 0 Å². The standard InChI is InChI=1S/C27H33N3O4S/c1-4-5-15-29(27(32)28-24-14-13-22(33-2)17-25(24)34-3)20-26(31)30(19-23-12-9-16-35-23)18-21-10-7-6-8-11-21/h6-14,16-17H,4-5,15,18-20H2,1-3H3,(H,28,32). The number of methoxy groups -OCH3 is 2. The van der Waals surface area contributed by atoms with Gasteiger partial charge in [0.05, 0.1) is 26.5 Å². The number of hydrogen-bond donors (Lipinski definition) is 1. The highest BCUT2D eigenvalue weighted by atomic mass is 32.1. The van der Waals surface area contributed by atoms with Crippen molar-refractivity contribution in [3.05, 3.63) is 76.5 Å². The molecule has 0 bridgehead atoms. The van der Waals surface area contributed by atoms with Crippen molar-refractivity contribution in [3.8, 4) is 11.5 Å². The van der Waals surface area contributed by atoms with Gasteiger partial charge in [0.25, 0.3) is 0 Å². The van der Waals surface area contributed by atoms with Crippen molar-refractivity contribution in [3.63, 3.8) is 0 Å². The van der Waals surface area contributed by atoms with Crippen LogP contribution in [0.15, 0.2) is 66.0 Å². The van der Waals surface area contributed by atoms with Crippen LogP contribution in [-0.4, -0.2) is 49.0 Å². The summed E-state index contributed by atoms with van der Waals surface area (Å²) in [5, 5.41) is 4.90. The normalized spacial score (nSPS) is 10.5. The molecule has 0 atom stereocenters. The van der Waals surface area contributed by atoms with Gasteiger partial charge in [0.1, 0.15) is 18.0 Å². The van der Waals surface area contributed by atoms with Crippen molar-refractivity contribution < 1.29 is 19.1 Å². The third kappa shape index (κ3) is 7.75. The monoisotopic (exact) mass is 495 g/mol. The fourth-order valence-electron chi connectivity index (χ4n) is 3.59. The molecule has 7 nitrogen and oxygen atoms in total. The molecule has 3 amide bonds. The van der Waals surface area contributed by atoms with E-state index < -0.39 is 0 Å². The molecule has 0 saturated carbocycles. The highest BCUT2D eigenvalue weighted by Gasteiger charge is 2.23. The Labute approximate surface area is 211 Å². The predicted molar refractivity (Wildman–Crippen MR) is 140 cm³/mol. The van der Waals surface area contributed by atoms with Crippen LogP contribution in [0.4, 0.5) is 10.5 Å². The average Bonchev–Trinajstić information content (AvgIpc) is 3.40. The third-order valence-corrected chi connectivity index (χ3v) is 6.40. The maximum absolute atomic E-state index is 13.5. The zero-order chi connectivity index (χ0) is 25.0. The van der Waals surface area contributed by atoms with Gasteiger partial charge in [-0.1, -0.05) is 49.7 Å². The van der Waals surface area contributed by atoms with Gasteiger partial charge in [-0.05, 0) is 35.6 Å². The second kappa shape index (κ2) is 13.4. The molecular weight excluding hydrogens is 462 g/mol. The van der Waals surface area contributed by atoms with Gasteiger partial charge in [0.15, 0.2) is 0 Å². The Bertz CT molecular complexity index is 1070. The number of ether oxygens (including phenoxy) is 2. The van der Waals surface area contributed by atoms with Crippen LogP contribution in [0.25, 0.3) is 0 Å². The molecule has 0 aliphatic heterocycles. The van der Waals surface area contributed by atoms with E-state index in [-0.39, 0.29) is 18.5 Å². The van der Waals surface area contributed by atoms with Gasteiger partial charge in [0, 0.05) is 24.0 Å². The van der Waals surface area contributed by atoms with Crippen LogP contribution in [0.5, 0.6) is 11.5 Å². The number of nitrogens with one attached hydrogen (secondary N) is 1. The first-order chi connectivity index (χ1) is 17.0. The minimum absolute atomic E-state index is 0.0114. The summed E-state index contributed by atoms with van der Waals surface area (Å²) in [6, 6.07) is 18.7. The first-order valence-corrected chi connectivity index (χ1v) is 12.5. The van der Waals surface area contributed by atoms with Crippen LogP contribution in [0.3, 0.4) is 0 Å². The molecular formula is C27H33N3O4S. The molecule has 2 aromatic carbocycles. The third-order valence-electron chi connectivity index (χ3n) is 5.54. The van der Waals surface area contributed by atoms with Crippen LogP contribution in [-0.2, 0) is 17.9 Å². The number of nitrogens with zero attached hydrogens (tertiary/aromatic N) is 2. The molecule has 1 N–H and O–H groups in total. The second-order valence-corrected chi connectivity index (χ2v) is 9.12. The molecule has 3 rings (SSSR count). The minimum atomic E-state index is -0.342. The van der Waals surface area contributed by atoms with Crippen molar-refractivity contribution in [1.29, 1.82) is 0 Å². The predicted octanol–water partition coefficient (Wildman–Crippen LogP) is 5.63. The van der Waals surface area contributed by atoms with Gasteiger partial charge >= 0.3 is 6.03 Å². The lowest BCUT2D eigenvalue weighted by Gasteiger charge is -2.28. The molecule has 0 spiro atoms. The molecule has 0 aliphatic carbocycles. The number of benzene rings is 2. The molecule has 1 heterocycles. The van der Waals surface area contributed by atoms with Crippen molar-refractivity contribution in [1.82, 2.24) is 9.80 Å². The fourth-order valence-corrected chi connectivity index (χ4v) is 4.31. The maximum atomic E-state index is 13.5. The Morgan fingerprint density at radius 1 is 0.943 bits per heavy atom. The Morgan fingerprint density at radius 3 is 2.40 bits per heavy atom.